The number of carbonyl (C=O) groups is 1. The molecule has 2 rings (SSSR count). The average Bonchev–Trinajstić information content (AvgIpc) is 2.49. The zero-order valence-electron chi connectivity index (χ0n) is 11.9. The summed E-state index contributed by atoms with van der Waals surface area (Å²) in [6.07, 6.45) is 1.37. The fourth-order valence-electron chi connectivity index (χ4n) is 1.92. The molecule has 6 nitrogen and oxygen atoms in total. The molecular weight excluding hydrogens is 272 g/mol. The van der Waals surface area contributed by atoms with Crippen molar-refractivity contribution in [1.82, 2.24) is 9.13 Å². The lowest BCUT2D eigenvalue weighted by Crippen LogP contribution is -2.40. The number of hydrogen-bond acceptors (Lipinski definition) is 4. The number of benzene rings is 1. The highest BCUT2D eigenvalue weighted by molar-refractivity contribution is 5.69. The minimum Gasteiger partial charge on any atom is -0.459 e. The van der Waals surface area contributed by atoms with Crippen LogP contribution in [0.4, 0.5) is 0 Å². The van der Waals surface area contributed by atoms with E-state index in [0.29, 0.717) is 5.56 Å². The molecule has 1 heterocycles. The number of aryl methyl sites for hydroxylation is 1. The van der Waals surface area contributed by atoms with E-state index in [-0.39, 0.29) is 18.7 Å². The van der Waals surface area contributed by atoms with E-state index in [1.807, 2.05) is 30.3 Å². The standard InChI is InChI=1S/C15H16N2O4/c1-11-8-17(15(20)16(2)14(11)19)9-13(18)21-10-12-6-4-3-5-7-12/h3-8H,9-10H2,1-2H3. The van der Waals surface area contributed by atoms with Crippen LogP contribution in [0, 0.1) is 6.92 Å². The maximum Gasteiger partial charge on any atom is 0.331 e. The lowest BCUT2D eigenvalue weighted by molar-refractivity contribution is -0.145. The molecule has 0 amide bonds. The number of hydrogen-bond donors (Lipinski definition) is 0. The Morgan fingerprint density at radius 2 is 1.86 bits per heavy atom. The monoisotopic (exact) mass is 288 g/mol. The zero-order chi connectivity index (χ0) is 15.4. The topological polar surface area (TPSA) is 70.3 Å². The van der Waals surface area contributed by atoms with Crippen molar-refractivity contribution >= 4 is 5.97 Å². The van der Waals surface area contributed by atoms with Gasteiger partial charge in [-0.1, -0.05) is 30.3 Å². The molecule has 0 fully saturated rings. The van der Waals surface area contributed by atoms with Crippen molar-refractivity contribution in [3.8, 4) is 0 Å². The molecule has 0 bridgehead atoms. The third-order valence-electron chi connectivity index (χ3n) is 3.07. The van der Waals surface area contributed by atoms with Gasteiger partial charge in [-0.05, 0) is 12.5 Å². The maximum absolute atomic E-state index is 11.9. The summed E-state index contributed by atoms with van der Waals surface area (Å²) in [6.45, 7) is 1.52. The quantitative estimate of drug-likeness (QED) is 0.772. The molecule has 0 radical (unpaired) electrons. The summed E-state index contributed by atoms with van der Waals surface area (Å²) < 4.78 is 7.25. The molecule has 0 aliphatic carbocycles. The number of rotatable bonds is 4. The van der Waals surface area contributed by atoms with Crippen LogP contribution in [0.25, 0.3) is 0 Å². The second-order valence-corrected chi connectivity index (χ2v) is 4.73. The SMILES string of the molecule is Cc1cn(CC(=O)OCc2ccccc2)c(=O)n(C)c1=O. The smallest absolute Gasteiger partial charge is 0.331 e. The molecule has 1 aromatic heterocycles. The highest BCUT2D eigenvalue weighted by atomic mass is 16.5. The largest absolute Gasteiger partial charge is 0.459 e. The van der Waals surface area contributed by atoms with Gasteiger partial charge >= 0.3 is 11.7 Å². The van der Waals surface area contributed by atoms with E-state index >= 15 is 0 Å². The second kappa shape index (κ2) is 6.21. The van der Waals surface area contributed by atoms with E-state index in [1.165, 1.54) is 17.8 Å². The van der Waals surface area contributed by atoms with Crippen LogP contribution in [0.5, 0.6) is 0 Å². The maximum atomic E-state index is 11.9. The molecule has 110 valence electrons. The fraction of sp³-hybridized carbons (Fsp3) is 0.267. The highest BCUT2D eigenvalue weighted by Gasteiger charge is 2.10. The Morgan fingerprint density at radius 1 is 1.19 bits per heavy atom. The molecule has 0 unspecified atom stereocenters. The van der Waals surface area contributed by atoms with Crippen LogP contribution in [0.2, 0.25) is 0 Å². The molecule has 0 saturated heterocycles. The summed E-state index contributed by atoms with van der Waals surface area (Å²) in [7, 11) is 1.38. The van der Waals surface area contributed by atoms with Gasteiger partial charge in [-0.15, -0.1) is 0 Å². The van der Waals surface area contributed by atoms with Gasteiger partial charge in [0.25, 0.3) is 5.56 Å². The van der Waals surface area contributed by atoms with E-state index in [4.69, 9.17) is 4.74 Å². The number of aromatic nitrogens is 2. The molecule has 21 heavy (non-hydrogen) atoms. The Morgan fingerprint density at radius 3 is 2.52 bits per heavy atom. The first-order chi connectivity index (χ1) is 9.99. The van der Waals surface area contributed by atoms with E-state index in [9.17, 15) is 14.4 Å². The van der Waals surface area contributed by atoms with Gasteiger partial charge in [0.15, 0.2) is 0 Å². The number of nitrogens with zero attached hydrogens (tertiary/aromatic N) is 2. The Labute approximate surface area is 121 Å². The van der Waals surface area contributed by atoms with Gasteiger partial charge in [0, 0.05) is 18.8 Å². The lowest BCUT2D eigenvalue weighted by Gasteiger charge is -2.09. The summed E-state index contributed by atoms with van der Waals surface area (Å²) in [5.41, 5.74) is 0.360. The van der Waals surface area contributed by atoms with Crippen molar-refractivity contribution in [1.29, 1.82) is 0 Å². The van der Waals surface area contributed by atoms with Gasteiger partial charge in [0.2, 0.25) is 0 Å². The van der Waals surface area contributed by atoms with Gasteiger partial charge in [-0.3, -0.25) is 18.7 Å². The first-order valence-electron chi connectivity index (χ1n) is 6.45. The van der Waals surface area contributed by atoms with Crippen LogP contribution < -0.4 is 11.2 Å². The fourth-order valence-corrected chi connectivity index (χ4v) is 1.92. The Hall–Kier alpha value is -2.63. The molecule has 2 aromatic rings. The molecular formula is C15H16N2O4. The Kier molecular flexibility index (Phi) is 4.37. The van der Waals surface area contributed by atoms with Gasteiger partial charge in [-0.25, -0.2) is 4.79 Å². The van der Waals surface area contributed by atoms with E-state index in [2.05, 4.69) is 0 Å². The van der Waals surface area contributed by atoms with Crippen LogP contribution in [0.3, 0.4) is 0 Å². The van der Waals surface area contributed by atoms with Gasteiger partial charge < -0.3 is 4.74 Å². The summed E-state index contributed by atoms with van der Waals surface area (Å²) in [5.74, 6) is -0.529. The molecule has 6 heteroatoms. The van der Waals surface area contributed by atoms with Crippen LogP contribution in [0.1, 0.15) is 11.1 Å². The highest BCUT2D eigenvalue weighted by Crippen LogP contribution is 2.01. The summed E-state index contributed by atoms with van der Waals surface area (Å²) in [6, 6.07) is 9.26. The molecule has 1 aromatic carbocycles. The Balaban J connectivity index is 2.07. The van der Waals surface area contributed by atoms with Crippen molar-refractivity contribution in [3.63, 3.8) is 0 Å². The Bertz CT molecular complexity index is 759. The van der Waals surface area contributed by atoms with Crippen molar-refractivity contribution in [2.45, 2.75) is 20.1 Å². The molecule has 0 saturated carbocycles. The van der Waals surface area contributed by atoms with Crippen LogP contribution in [-0.2, 0) is 29.7 Å². The second-order valence-electron chi connectivity index (χ2n) is 4.73. The summed E-state index contributed by atoms with van der Waals surface area (Å²) >= 11 is 0. The number of ether oxygens (including phenoxy) is 1. The summed E-state index contributed by atoms with van der Waals surface area (Å²) in [5, 5.41) is 0. The third-order valence-corrected chi connectivity index (χ3v) is 3.07. The van der Waals surface area contributed by atoms with Gasteiger partial charge in [-0.2, -0.15) is 0 Å². The molecule has 0 atom stereocenters. The molecule has 0 spiro atoms. The third kappa shape index (κ3) is 3.47. The van der Waals surface area contributed by atoms with Crippen LogP contribution in [0.15, 0.2) is 46.1 Å². The van der Waals surface area contributed by atoms with Crippen molar-refractivity contribution in [2.75, 3.05) is 0 Å². The predicted octanol–water partition coefficient (Wildman–Crippen LogP) is 0.599. The minimum atomic E-state index is -0.540. The van der Waals surface area contributed by atoms with Gasteiger partial charge in [0.05, 0.1) is 0 Å². The van der Waals surface area contributed by atoms with Crippen molar-refractivity contribution in [2.24, 2.45) is 7.05 Å². The first-order valence-corrected chi connectivity index (χ1v) is 6.45. The zero-order valence-corrected chi connectivity index (χ0v) is 11.9. The van der Waals surface area contributed by atoms with Crippen molar-refractivity contribution in [3.05, 3.63) is 68.5 Å². The van der Waals surface area contributed by atoms with E-state index in [1.54, 1.807) is 6.92 Å². The predicted molar refractivity (Wildman–Crippen MR) is 76.9 cm³/mol. The van der Waals surface area contributed by atoms with E-state index in [0.717, 1.165) is 10.1 Å². The molecule has 0 aliphatic heterocycles. The average molecular weight is 288 g/mol. The molecule has 0 N–H and O–H groups in total. The number of carbonyl (C=O) groups excluding carboxylic acids is 1. The number of esters is 1. The minimum absolute atomic E-state index is 0.152. The van der Waals surface area contributed by atoms with Gasteiger partial charge in [0.1, 0.15) is 13.2 Å². The normalized spacial score (nSPS) is 10.4. The van der Waals surface area contributed by atoms with Crippen LogP contribution >= 0.6 is 0 Å². The summed E-state index contributed by atoms with van der Waals surface area (Å²) in [4.78, 5) is 35.2. The van der Waals surface area contributed by atoms with Crippen molar-refractivity contribution < 1.29 is 9.53 Å². The van der Waals surface area contributed by atoms with Crippen LogP contribution in [-0.4, -0.2) is 15.1 Å². The lowest BCUT2D eigenvalue weighted by atomic mass is 10.2. The first kappa shape index (κ1) is 14.8. The van der Waals surface area contributed by atoms with E-state index < -0.39 is 11.7 Å². The molecule has 0 aliphatic rings.